The van der Waals surface area contributed by atoms with Crippen LogP contribution in [0.15, 0.2) is 47.4 Å². The van der Waals surface area contributed by atoms with E-state index in [1.165, 1.54) is 5.56 Å². The fourth-order valence-electron chi connectivity index (χ4n) is 5.27. The van der Waals surface area contributed by atoms with Crippen molar-refractivity contribution in [3.05, 3.63) is 64.7 Å². The number of carbonyl (C=O) groups excluding carboxylic acids is 1. The van der Waals surface area contributed by atoms with E-state index in [4.69, 9.17) is 0 Å². The molecule has 1 aliphatic carbocycles. The topological polar surface area (TPSA) is 98.7 Å². The average Bonchev–Trinajstić information content (AvgIpc) is 3.22. The smallest absolute Gasteiger partial charge is 0.392 e. The van der Waals surface area contributed by atoms with Gasteiger partial charge in [-0.15, -0.1) is 0 Å². The van der Waals surface area contributed by atoms with E-state index in [0.717, 1.165) is 59.4 Å². The van der Waals surface area contributed by atoms with Gasteiger partial charge >= 0.3 is 6.18 Å². The summed E-state index contributed by atoms with van der Waals surface area (Å²) in [6, 6.07) is 8.66. The average molecular weight is 568 g/mol. The lowest BCUT2D eigenvalue weighted by molar-refractivity contribution is -0.137. The summed E-state index contributed by atoms with van der Waals surface area (Å²) in [4.78, 5) is 12.6. The molecule has 0 saturated carbocycles. The Morgan fingerprint density at radius 2 is 1.87 bits per heavy atom. The summed E-state index contributed by atoms with van der Waals surface area (Å²) in [5.41, 5.74) is 2.28. The number of alkyl halides is 3. The minimum atomic E-state index is -4.70. The molecule has 2 aromatic rings. The number of benzene rings is 2. The maximum absolute atomic E-state index is 13.3. The molecule has 1 saturated heterocycles. The van der Waals surface area contributed by atoms with Gasteiger partial charge in [-0.05, 0) is 81.3 Å². The van der Waals surface area contributed by atoms with Crippen LogP contribution in [-0.2, 0) is 34.0 Å². The lowest BCUT2D eigenvalue weighted by Gasteiger charge is -2.29. The molecular weight excluding hydrogens is 531 g/mol. The molecule has 3 N–H and O–H groups in total. The number of sulfonamides is 1. The molecule has 39 heavy (non-hydrogen) atoms. The number of nitrogens with zero attached hydrogens (tertiary/aromatic N) is 1. The Labute approximate surface area is 227 Å². The standard InChI is InChI=1S/C28H36F3N3O4S/c1-27(2,3)32-16-18-10-11-24-19(12-18)6-4-9-25(24)33-26(36)15-21-14-22(35)17-34(21)39(37,38)23-8-5-7-20(13-23)28(29,30)31/h5,7-8,10-13,21-22,25,32,35H,4,6,9,14-17H2,1-3H3,(H,33,36). The maximum Gasteiger partial charge on any atom is 0.416 e. The Bertz CT molecular complexity index is 1310. The molecule has 3 atom stereocenters. The van der Waals surface area contributed by atoms with Gasteiger partial charge in [0.2, 0.25) is 15.9 Å². The molecule has 214 valence electrons. The number of hydrogen-bond donors (Lipinski definition) is 3. The van der Waals surface area contributed by atoms with Crippen molar-refractivity contribution < 1.29 is 31.5 Å². The molecule has 1 amide bonds. The van der Waals surface area contributed by atoms with Crippen LogP contribution in [0.25, 0.3) is 0 Å². The minimum Gasteiger partial charge on any atom is -0.392 e. The van der Waals surface area contributed by atoms with Crippen molar-refractivity contribution in [2.75, 3.05) is 6.54 Å². The van der Waals surface area contributed by atoms with Crippen LogP contribution in [0.5, 0.6) is 0 Å². The molecule has 7 nitrogen and oxygen atoms in total. The first kappa shape index (κ1) is 29.5. The summed E-state index contributed by atoms with van der Waals surface area (Å²) in [5, 5.41) is 16.7. The van der Waals surface area contributed by atoms with E-state index >= 15 is 0 Å². The zero-order valence-corrected chi connectivity index (χ0v) is 23.2. The highest BCUT2D eigenvalue weighted by Crippen LogP contribution is 2.34. The fraction of sp³-hybridized carbons (Fsp3) is 0.536. The molecule has 2 aliphatic rings. The van der Waals surface area contributed by atoms with Crippen LogP contribution in [0.4, 0.5) is 13.2 Å². The van der Waals surface area contributed by atoms with Gasteiger partial charge in [0.1, 0.15) is 0 Å². The number of halogens is 3. The van der Waals surface area contributed by atoms with Crippen molar-refractivity contribution in [1.29, 1.82) is 0 Å². The van der Waals surface area contributed by atoms with Gasteiger partial charge in [-0.3, -0.25) is 4.79 Å². The second-order valence-electron chi connectivity index (χ2n) is 11.5. The molecule has 0 aromatic heterocycles. The first-order valence-corrected chi connectivity index (χ1v) is 14.6. The van der Waals surface area contributed by atoms with Crippen molar-refractivity contribution in [3.8, 4) is 0 Å². The van der Waals surface area contributed by atoms with Crippen LogP contribution in [0.1, 0.15) is 74.8 Å². The number of hydrogen-bond acceptors (Lipinski definition) is 5. The summed E-state index contributed by atoms with van der Waals surface area (Å²) in [7, 11) is -4.36. The molecule has 11 heteroatoms. The van der Waals surface area contributed by atoms with E-state index in [-0.39, 0.29) is 36.9 Å². The third kappa shape index (κ3) is 7.19. The number of aliphatic hydroxyl groups excluding tert-OH is 1. The zero-order valence-electron chi connectivity index (χ0n) is 22.4. The Morgan fingerprint density at radius 1 is 1.13 bits per heavy atom. The lowest BCUT2D eigenvalue weighted by atomic mass is 9.86. The van der Waals surface area contributed by atoms with Crippen molar-refractivity contribution in [2.45, 2.75) is 94.2 Å². The van der Waals surface area contributed by atoms with E-state index in [1.54, 1.807) is 0 Å². The third-order valence-corrected chi connectivity index (χ3v) is 9.13. The number of nitrogens with one attached hydrogen (secondary N) is 2. The lowest BCUT2D eigenvalue weighted by Crippen LogP contribution is -2.40. The second kappa shape index (κ2) is 11.2. The van der Waals surface area contributed by atoms with Crippen LogP contribution in [0.2, 0.25) is 0 Å². The van der Waals surface area contributed by atoms with Crippen LogP contribution >= 0.6 is 0 Å². The van der Waals surface area contributed by atoms with E-state index in [9.17, 15) is 31.5 Å². The predicted molar refractivity (Wildman–Crippen MR) is 141 cm³/mol. The Hall–Kier alpha value is -2.47. The van der Waals surface area contributed by atoms with Gasteiger partial charge in [0.05, 0.1) is 22.6 Å². The van der Waals surface area contributed by atoms with Gasteiger partial charge in [0.25, 0.3) is 0 Å². The summed E-state index contributed by atoms with van der Waals surface area (Å²) < 4.78 is 67.0. The molecule has 1 fully saturated rings. The number of aryl methyl sites for hydroxylation is 1. The van der Waals surface area contributed by atoms with Gasteiger partial charge in [-0.25, -0.2) is 8.42 Å². The van der Waals surface area contributed by atoms with E-state index in [1.807, 2.05) is 12.1 Å². The highest BCUT2D eigenvalue weighted by Gasteiger charge is 2.41. The Balaban J connectivity index is 1.46. The molecule has 1 heterocycles. The molecule has 2 aromatic carbocycles. The molecule has 0 radical (unpaired) electrons. The zero-order chi connectivity index (χ0) is 28.6. The fourth-order valence-corrected chi connectivity index (χ4v) is 6.99. The van der Waals surface area contributed by atoms with Crippen molar-refractivity contribution in [2.24, 2.45) is 0 Å². The Morgan fingerprint density at radius 3 is 2.56 bits per heavy atom. The SMILES string of the molecule is CC(C)(C)NCc1ccc2c(c1)CCCC2NC(=O)CC1CC(O)CN1S(=O)(=O)c1cccc(C(F)(F)F)c1. The van der Waals surface area contributed by atoms with Crippen LogP contribution in [0.3, 0.4) is 0 Å². The van der Waals surface area contributed by atoms with Crippen LogP contribution in [0, 0.1) is 0 Å². The van der Waals surface area contributed by atoms with E-state index < -0.39 is 38.8 Å². The van der Waals surface area contributed by atoms with E-state index in [0.29, 0.717) is 6.07 Å². The summed E-state index contributed by atoms with van der Waals surface area (Å²) in [5.74, 6) is -0.366. The number of aliphatic hydroxyl groups is 1. The van der Waals surface area contributed by atoms with Gasteiger partial charge in [-0.2, -0.15) is 17.5 Å². The molecule has 0 bridgehead atoms. The summed E-state index contributed by atoms with van der Waals surface area (Å²) in [6.07, 6.45) is -3.34. The van der Waals surface area contributed by atoms with Crippen molar-refractivity contribution in [3.63, 3.8) is 0 Å². The van der Waals surface area contributed by atoms with Gasteiger partial charge < -0.3 is 15.7 Å². The number of amides is 1. The third-order valence-electron chi connectivity index (χ3n) is 7.21. The highest BCUT2D eigenvalue weighted by atomic mass is 32.2. The second-order valence-corrected chi connectivity index (χ2v) is 13.4. The number of fused-ring (bicyclic) bond motifs is 1. The first-order chi connectivity index (χ1) is 18.1. The quantitative estimate of drug-likeness (QED) is 0.464. The van der Waals surface area contributed by atoms with Crippen molar-refractivity contribution in [1.82, 2.24) is 14.9 Å². The minimum absolute atomic E-state index is 0.0112. The largest absolute Gasteiger partial charge is 0.416 e. The van der Waals surface area contributed by atoms with Gasteiger partial charge in [0, 0.05) is 31.1 Å². The predicted octanol–water partition coefficient (Wildman–Crippen LogP) is 4.30. The molecular formula is C28H36F3N3O4S. The molecule has 0 spiro atoms. The number of rotatable bonds is 7. The molecule has 3 unspecified atom stereocenters. The summed E-state index contributed by atoms with van der Waals surface area (Å²) >= 11 is 0. The van der Waals surface area contributed by atoms with Gasteiger partial charge in [0.15, 0.2) is 0 Å². The van der Waals surface area contributed by atoms with Gasteiger partial charge in [-0.1, -0.05) is 24.3 Å². The van der Waals surface area contributed by atoms with Crippen molar-refractivity contribution >= 4 is 15.9 Å². The highest BCUT2D eigenvalue weighted by molar-refractivity contribution is 7.89. The Kier molecular flexibility index (Phi) is 8.47. The number of carbonyl (C=O) groups is 1. The summed E-state index contributed by atoms with van der Waals surface area (Å²) in [6.45, 7) is 6.76. The molecule has 4 rings (SSSR count). The van der Waals surface area contributed by atoms with Crippen LogP contribution in [-0.4, -0.2) is 48.0 Å². The normalized spacial score (nSPS) is 22.5. The number of β-amino-alcohol motifs (C(OH)–C–C–N with tert-alkyl or cyclic N) is 1. The maximum atomic E-state index is 13.3. The monoisotopic (exact) mass is 567 g/mol. The van der Waals surface area contributed by atoms with E-state index in [2.05, 4.69) is 37.5 Å². The van der Waals surface area contributed by atoms with Crippen LogP contribution < -0.4 is 10.6 Å². The first-order valence-electron chi connectivity index (χ1n) is 13.2. The molecule has 1 aliphatic heterocycles.